The van der Waals surface area contributed by atoms with Gasteiger partial charge in [-0.2, -0.15) is 5.26 Å². The van der Waals surface area contributed by atoms with Crippen LogP contribution in [0.25, 0.3) is 0 Å². The van der Waals surface area contributed by atoms with Gasteiger partial charge in [0.1, 0.15) is 0 Å². The molecule has 2 aromatic rings. The molecule has 0 radical (unpaired) electrons. The number of benzene rings is 2. The number of amides is 2. The van der Waals surface area contributed by atoms with Crippen molar-refractivity contribution in [1.82, 2.24) is 14.7 Å². The Labute approximate surface area is 238 Å². The van der Waals surface area contributed by atoms with Crippen molar-refractivity contribution in [1.29, 1.82) is 5.26 Å². The third-order valence-electron chi connectivity index (χ3n) is 9.10. The Morgan fingerprint density at radius 2 is 1.50 bits per heavy atom. The lowest BCUT2D eigenvalue weighted by Gasteiger charge is -2.54. The predicted octanol–water partition coefficient (Wildman–Crippen LogP) is 5.03. The van der Waals surface area contributed by atoms with E-state index in [0.717, 1.165) is 50.3 Å². The standard InChI is InChI=1S/C32H43N5O3/c1-31(2,3)32(4)23-36(18-19-37(32)30(39)40)22-26-10-12-28(13-11-26)34(5)29(38)27-14-16-35(17-15-27)21-25-8-6-24(20-33)7-9-25/h6-13,27H,14-19,21-23H2,1-5H3,(H,39,40)/t32-/m1/s1. The summed E-state index contributed by atoms with van der Waals surface area (Å²) in [7, 11) is 1.86. The van der Waals surface area contributed by atoms with Gasteiger partial charge in [-0.3, -0.25) is 19.5 Å². The van der Waals surface area contributed by atoms with Gasteiger partial charge in [0, 0.05) is 51.4 Å². The van der Waals surface area contributed by atoms with Crippen molar-refractivity contribution < 1.29 is 14.7 Å². The average Bonchev–Trinajstić information content (AvgIpc) is 2.93. The van der Waals surface area contributed by atoms with E-state index in [4.69, 9.17) is 5.26 Å². The lowest BCUT2D eigenvalue weighted by atomic mass is 9.72. The molecular weight excluding hydrogens is 502 g/mol. The van der Waals surface area contributed by atoms with Gasteiger partial charge in [-0.25, -0.2) is 4.79 Å². The minimum absolute atomic E-state index is 0.0162. The summed E-state index contributed by atoms with van der Waals surface area (Å²) in [5, 5.41) is 18.8. The average molecular weight is 546 g/mol. The third kappa shape index (κ3) is 6.48. The van der Waals surface area contributed by atoms with Gasteiger partial charge < -0.3 is 10.0 Å². The van der Waals surface area contributed by atoms with Crippen LogP contribution in [0.4, 0.5) is 10.5 Å². The summed E-state index contributed by atoms with van der Waals surface area (Å²) in [6.45, 7) is 13.6. The Morgan fingerprint density at radius 3 is 2.02 bits per heavy atom. The molecule has 2 aromatic carbocycles. The van der Waals surface area contributed by atoms with Crippen LogP contribution < -0.4 is 4.90 Å². The highest BCUT2D eigenvalue weighted by molar-refractivity contribution is 5.94. The number of carbonyl (C=O) groups excluding carboxylic acids is 1. The zero-order valence-corrected chi connectivity index (χ0v) is 24.6. The van der Waals surface area contributed by atoms with Crippen LogP contribution in [0.3, 0.4) is 0 Å². The minimum atomic E-state index is -0.855. The van der Waals surface area contributed by atoms with Gasteiger partial charge in [0.05, 0.1) is 17.2 Å². The molecular formula is C32H43N5O3. The summed E-state index contributed by atoms with van der Waals surface area (Å²) in [6.07, 6.45) is 0.824. The fraction of sp³-hybridized carbons (Fsp3) is 0.531. The smallest absolute Gasteiger partial charge is 0.407 e. The van der Waals surface area contributed by atoms with E-state index < -0.39 is 11.6 Å². The Kier molecular flexibility index (Phi) is 8.86. The van der Waals surface area contributed by atoms with Crippen molar-refractivity contribution in [2.75, 3.05) is 44.7 Å². The van der Waals surface area contributed by atoms with Crippen molar-refractivity contribution in [2.45, 2.75) is 59.2 Å². The monoisotopic (exact) mass is 545 g/mol. The van der Waals surface area contributed by atoms with Crippen LogP contribution in [0.5, 0.6) is 0 Å². The number of piperazine rings is 1. The van der Waals surface area contributed by atoms with E-state index in [0.29, 0.717) is 25.2 Å². The molecule has 0 unspecified atom stereocenters. The highest BCUT2D eigenvalue weighted by Gasteiger charge is 2.48. The van der Waals surface area contributed by atoms with E-state index in [1.807, 2.05) is 43.4 Å². The van der Waals surface area contributed by atoms with Gasteiger partial charge in [-0.15, -0.1) is 0 Å². The van der Waals surface area contributed by atoms with E-state index in [1.54, 1.807) is 9.80 Å². The molecule has 1 N–H and O–H groups in total. The Bertz CT molecular complexity index is 1220. The minimum Gasteiger partial charge on any atom is -0.465 e. The lowest BCUT2D eigenvalue weighted by molar-refractivity contribution is -0.123. The molecule has 0 bridgehead atoms. The normalized spacial score (nSPS) is 21.1. The maximum Gasteiger partial charge on any atom is 0.407 e. The molecule has 0 spiro atoms. The second-order valence-electron chi connectivity index (χ2n) is 12.6. The highest BCUT2D eigenvalue weighted by atomic mass is 16.4. The van der Waals surface area contributed by atoms with Crippen LogP contribution >= 0.6 is 0 Å². The largest absolute Gasteiger partial charge is 0.465 e. The number of nitriles is 1. The second-order valence-corrected chi connectivity index (χ2v) is 12.6. The third-order valence-corrected chi connectivity index (χ3v) is 9.10. The molecule has 4 rings (SSSR count). The summed E-state index contributed by atoms with van der Waals surface area (Å²) < 4.78 is 0. The van der Waals surface area contributed by atoms with Gasteiger partial charge >= 0.3 is 6.09 Å². The fourth-order valence-electron chi connectivity index (χ4n) is 5.94. The Hall–Kier alpha value is -3.41. The van der Waals surface area contributed by atoms with Crippen LogP contribution in [0.15, 0.2) is 48.5 Å². The summed E-state index contributed by atoms with van der Waals surface area (Å²) in [5.74, 6) is 0.180. The molecule has 1 atom stereocenters. The summed E-state index contributed by atoms with van der Waals surface area (Å²) >= 11 is 0. The molecule has 2 saturated heterocycles. The number of piperidine rings is 1. The first-order valence-corrected chi connectivity index (χ1v) is 14.2. The molecule has 8 nitrogen and oxygen atoms in total. The number of carboxylic acid groups (broad SMARTS) is 1. The molecule has 40 heavy (non-hydrogen) atoms. The van der Waals surface area contributed by atoms with E-state index in [2.05, 4.69) is 55.7 Å². The Balaban J connectivity index is 1.30. The van der Waals surface area contributed by atoms with Crippen molar-refractivity contribution in [2.24, 2.45) is 11.3 Å². The molecule has 2 amide bonds. The topological polar surface area (TPSA) is 91.1 Å². The zero-order valence-electron chi connectivity index (χ0n) is 24.6. The molecule has 214 valence electrons. The summed E-state index contributed by atoms with van der Waals surface area (Å²) in [6, 6.07) is 18.1. The van der Waals surface area contributed by atoms with E-state index >= 15 is 0 Å². The number of nitrogens with zero attached hydrogens (tertiary/aromatic N) is 5. The first-order valence-electron chi connectivity index (χ1n) is 14.2. The quantitative estimate of drug-likeness (QED) is 0.547. The van der Waals surface area contributed by atoms with Crippen LogP contribution in [0, 0.1) is 22.7 Å². The van der Waals surface area contributed by atoms with Gasteiger partial charge in [0.15, 0.2) is 0 Å². The Morgan fingerprint density at radius 1 is 0.950 bits per heavy atom. The highest BCUT2D eigenvalue weighted by Crippen LogP contribution is 2.38. The van der Waals surface area contributed by atoms with Crippen LogP contribution in [-0.2, 0) is 17.9 Å². The first-order chi connectivity index (χ1) is 18.9. The number of anilines is 1. The number of likely N-dealkylation sites (tertiary alicyclic amines) is 1. The van der Waals surface area contributed by atoms with Crippen molar-refractivity contribution in [3.63, 3.8) is 0 Å². The fourth-order valence-corrected chi connectivity index (χ4v) is 5.94. The SMILES string of the molecule is CN(C(=O)C1CCN(Cc2ccc(C#N)cc2)CC1)c1ccc(CN2CCN(C(=O)O)[C@@](C)(C(C)(C)C)C2)cc1. The van der Waals surface area contributed by atoms with E-state index in [-0.39, 0.29) is 17.2 Å². The number of hydrogen-bond acceptors (Lipinski definition) is 5. The van der Waals surface area contributed by atoms with Crippen molar-refractivity contribution in [3.05, 3.63) is 65.2 Å². The molecule has 0 aliphatic carbocycles. The van der Waals surface area contributed by atoms with Crippen LogP contribution in [-0.4, -0.2) is 77.1 Å². The second kappa shape index (κ2) is 12.0. The molecule has 2 aliphatic heterocycles. The van der Waals surface area contributed by atoms with Gasteiger partial charge in [-0.05, 0) is 73.7 Å². The molecule has 2 fully saturated rings. The molecule has 0 aromatic heterocycles. The number of hydrogen-bond donors (Lipinski definition) is 1. The number of rotatable bonds is 6. The lowest BCUT2D eigenvalue weighted by Crippen LogP contribution is -2.67. The zero-order chi connectivity index (χ0) is 29.1. The van der Waals surface area contributed by atoms with Crippen molar-refractivity contribution in [3.8, 4) is 6.07 Å². The van der Waals surface area contributed by atoms with Crippen LogP contribution in [0.2, 0.25) is 0 Å². The predicted molar refractivity (Wildman–Crippen MR) is 157 cm³/mol. The van der Waals surface area contributed by atoms with E-state index in [9.17, 15) is 14.7 Å². The molecule has 2 heterocycles. The first kappa shape index (κ1) is 29.6. The summed E-state index contributed by atoms with van der Waals surface area (Å²) in [4.78, 5) is 33.3. The van der Waals surface area contributed by atoms with E-state index in [1.165, 1.54) is 5.56 Å². The summed E-state index contributed by atoms with van der Waals surface area (Å²) in [5.41, 5.74) is 3.22. The van der Waals surface area contributed by atoms with Crippen LogP contribution in [0.1, 0.15) is 57.2 Å². The number of carbonyl (C=O) groups is 2. The van der Waals surface area contributed by atoms with Crippen molar-refractivity contribution >= 4 is 17.7 Å². The molecule has 8 heteroatoms. The maximum atomic E-state index is 13.3. The molecule has 2 aliphatic rings. The van der Waals surface area contributed by atoms with Gasteiger partial charge in [0.25, 0.3) is 0 Å². The van der Waals surface area contributed by atoms with Gasteiger partial charge in [-0.1, -0.05) is 45.0 Å². The van der Waals surface area contributed by atoms with Gasteiger partial charge in [0.2, 0.25) is 5.91 Å². The maximum absolute atomic E-state index is 13.3. The molecule has 0 saturated carbocycles.